The monoisotopic (exact) mass is 226 g/mol. The second-order valence-electron chi connectivity index (χ2n) is 3.33. The highest BCUT2D eigenvalue weighted by Crippen LogP contribution is 2.20. The lowest BCUT2D eigenvalue weighted by Gasteiger charge is -2.14. The van der Waals surface area contributed by atoms with E-state index in [-0.39, 0.29) is 11.7 Å². The first-order valence-corrected chi connectivity index (χ1v) is 4.90. The number of ether oxygens (including phenoxy) is 1. The first-order chi connectivity index (χ1) is 7.58. The van der Waals surface area contributed by atoms with Gasteiger partial charge in [0.15, 0.2) is 11.6 Å². The van der Waals surface area contributed by atoms with Gasteiger partial charge < -0.3 is 15.4 Å². The van der Waals surface area contributed by atoms with Crippen LogP contribution in [0.3, 0.4) is 0 Å². The number of hydrogen-bond acceptors (Lipinski definition) is 3. The Hall–Kier alpha value is -1.78. The van der Waals surface area contributed by atoms with Crippen molar-refractivity contribution in [3.8, 4) is 5.75 Å². The quantitative estimate of drug-likeness (QED) is 0.815. The Morgan fingerprint density at radius 3 is 2.69 bits per heavy atom. The lowest BCUT2D eigenvalue weighted by atomic mass is 10.2. The molecule has 0 bridgehead atoms. The molecular weight excluding hydrogens is 211 g/mol. The van der Waals surface area contributed by atoms with Gasteiger partial charge in [0.25, 0.3) is 0 Å². The summed E-state index contributed by atoms with van der Waals surface area (Å²) in [6.07, 6.45) is 0. The third-order valence-electron chi connectivity index (χ3n) is 2.17. The summed E-state index contributed by atoms with van der Waals surface area (Å²) >= 11 is 0. The number of halogens is 1. The minimum absolute atomic E-state index is 0.156. The number of nitrogens with one attached hydrogen (secondary N) is 2. The van der Waals surface area contributed by atoms with Crippen molar-refractivity contribution in [2.75, 3.05) is 19.5 Å². The van der Waals surface area contributed by atoms with E-state index in [0.717, 1.165) is 0 Å². The molecule has 0 spiro atoms. The van der Waals surface area contributed by atoms with Crippen molar-refractivity contribution in [1.29, 1.82) is 0 Å². The van der Waals surface area contributed by atoms with E-state index in [4.69, 9.17) is 4.74 Å². The number of benzene rings is 1. The van der Waals surface area contributed by atoms with E-state index in [1.807, 2.05) is 0 Å². The molecule has 1 amide bonds. The summed E-state index contributed by atoms with van der Waals surface area (Å²) in [5, 5.41) is 5.38. The van der Waals surface area contributed by atoms with Gasteiger partial charge in [-0.15, -0.1) is 0 Å². The first kappa shape index (κ1) is 12.3. The largest absolute Gasteiger partial charge is 0.494 e. The van der Waals surface area contributed by atoms with Crippen LogP contribution in [0.5, 0.6) is 5.75 Å². The highest BCUT2D eigenvalue weighted by atomic mass is 19.1. The average Bonchev–Trinajstić information content (AvgIpc) is 2.28. The zero-order valence-corrected chi connectivity index (χ0v) is 9.50. The van der Waals surface area contributed by atoms with Gasteiger partial charge in [-0.2, -0.15) is 0 Å². The zero-order valence-electron chi connectivity index (χ0n) is 9.50. The SMILES string of the molecule is CNC(=O)C(C)Nc1ccc(OC)c(F)c1. The molecule has 1 aromatic rings. The van der Waals surface area contributed by atoms with Crippen LogP contribution in [-0.4, -0.2) is 26.1 Å². The number of carbonyl (C=O) groups excluding carboxylic acids is 1. The number of methoxy groups -OCH3 is 1. The van der Waals surface area contributed by atoms with Crippen LogP contribution in [-0.2, 0) is 4.79 Å². The molecule has 0 saturated carbocycles. The summed E-state index contributed by atoms with van der Waals surface area (Å²) in [7, 11) is 2.95. The standard InChI is InChI=1S/C11H15FN2O2/c1-7(11(15)13-2)14-8-4-5-10(16-3)9(12)6-8/h4-7,14H,1-3H3,(H,13,15). The summed E-state index contributed by atoms with van der Waals surface area (Å²) in [4.78, 5) is 11.2. The molecule has 16 heavy (non-hydrogen) atoms. The van der Waals surface area contributed by atoms with E-state index in [2.05, 4.69) is 10.6 Å². The Kier molecular flexibility index (Phi) is 4.10. The van der Waals surface area contributed by atoms with Gasteiger partial charge in [-0.25, -0.2) is 4.39 Å². The van der Waals surface area contributed by atoms with E-state index in [0.29, 0.717) is 5.69 Å². The predicted octanol–water partition coefficient (Wildman–Crippen LogP) is 1.38. The third kappa shape index (κ3) is 2.85. The summed E-state index contributed by atoms with van der Waals surface area (Å²) in [5.41, 5.74) is 0.536. The average molecular weight is 226 g/mol. The van der Waals surface area contributed by atoms with Crippen molar-refractivity contribution in [2.24, 2.45) is 0 Å². The van der Waals surface area contributed by atoms with Crippen molar-refractivity contribution in [1.82, 2.24) is 5.32 Å². The topological polar surface area (TPSA) is 50.4 Å². The van der Waals surface area contributed by atoms with E-state index in [1.54, 1.807) is 20.0 Å². The highest BCUT2D eigenvalue weighted by molar-refractivity contribution is 5.83. The van der Waals surface area contributed by atoms with Gasteiger partial charge in [0.05, 0.1) is 7.11 Å². The van der Waals surface area contributed by atoms with E-state index >= 15 is 0 Å². The van der Waals surface area contributed by atoms with E-state index in [9.17, 15) is 9.18 Å². The van der Waals surface area contributed by atoms with Gasteiger partial charge in [-0.3, -0.25) is 4.79 Å². The maximum Gasteiger partial charge on any atom is 0.241 e. The molecule has 2 N–H and O–H groups in total. The number of hydrogen-bond donors (Lipinski definition) is 2. The lowest BCUT2D eigenvalue weighted by molar-refractivity contribution is -0.121. The Balaban J connectivity index is 2.75. The van der Waals surface area contributed by atoms with Crippen LogP contribution >= 0.6 is 0 Å². The van der Waals surface area contributed by atoms with Crippen molar-refractivity contribution < 1.29 is 13.9 Å². The molecule has 88 valence electrons. The van der Waals surface area contributed by atoms with Gasteiger partial charge in [0, 0.05) is 18.8 Å². The summed E-state index contributed by atoms with van der Waals surface area (Å²) in [6.45, 7) is 1.70. The van der Waals surface area contributed by atoms with Gasteiger partial charge in [-0.1, -0.05) is 0 Å². The molecule has 1 atom stereocenters. The van der Waals surface area contributed by atoms with Crippen LogP contribution in [0.4, 0.5) is 10.1 Å². The van der Waals surface area contributed by atoms with Gasteiger partial charge in [-0.05, 0) is 19.1 Å². The maximum absolute atomic E-state index is 13.3. The van der Waals surface area contributed by atoms with Gasteiger partial charge in [0.1, 0.15) is 6.04 Å². The molecule has 4 nitrogen and oxygen atoms in total. The molecule has 0 saturated heterocycles. The molecule has 1 unspecified atom stereocenters. The van der Waals surface area contributed by atoms with Crippen molar-refractivity contribution >= 4 is 11.6 Å². The molecule has 1 rings (SSSR count). The summed E-state index contributed by atoms with van der Waals surface area (Å²) < 4.78 is 18.1. The normalized spacial score (nSPS) is 11.8. The van der Waals surface area contributed by atoms with Crippen molar-refractivity contribution in [3.63, 3.8) is 0 Å². The zero-order chi connectivity index (χ0) is 12.1. The molecule has 0 fully saturated rings. The molecule has 0 aromatic heterocycles. The van der Waals surface area contributed by atoms with Gasteiger partial charge >= 0.3 is 0 Å². The Labute approximate surface area is 93.8 Å². The molecule has 0 heterocycles. The number of carbonyl (C=O) groups is 1. The molecule has 0 radical (unpaired) electrons. The van der Waals surface area contributed by atoms with E-state index < -0.39 is 11.9 Å². The fraction of sp³-hybridized carbons (Fsp3) is 0.364. The smallest absolute Gasteiger partial charge is 0.241 e. The fourth-order valence-electron chi connectivity index (χ4n) is 1.29. The molecule has 0 aliphatic rings. The minimum atomic E-state index is -0.461. The molecule has 5 heteroatoms. The summed E-state index contributed by atoms with van der Waals surface area (Å²) in [5.74, 6) is -0.439. The van der Waals surface area contributed by atoms with Gasteiger partial charge in [0.2, 0.25) is 5.91 Å². The van der Waals surface area contributed by atoms with Crippen LogP contribution < -0.4 is 15.4 Å². The summed E-state index contributed by atoms with van der Waals surface area (Å²) in [6, 6.07) is 4.03. The van der Waals surface area contributed by atoms with Crippen LogP contribution in [0.1, 0.15) is 6.92 Å². The lowest BCUT2D eigenvalue weighted by Crippen LogP contribution is -2.35. The number of amides is 1. The number of rotatable bonds is 4. The Morgan fingerprint density at radius 1 is 1.50 bits per heavy atom. The first-order valence-electron chi connectivity index (χ1n) is 4.90. The van der Waals surface area contributed by atoms with Crippen molar-refractivity contribution in [3.05, 3.63) is 24.0 Å². The molecule has 0 aliphatic heterocycles. The highest BCUT2D eigenvalue weighted by Gasteiger charge is 2.11. The Bertz CT molecular complexity index is 382. The fourth-order valence-corrected chi connectivity index (χ4v) is 1.29. The molecule has 0 aliphatic carbocycles. The predicted molar refractivity (Wildman–Crippen MR) is 60.1 cm³/mol. The third-order valence-corrected chi connectivity index (χ3v) is 2.17. The second-order valence-corrected chi connectivity index (χ2v) is 3.33. The minimum Gasteiger partial charge on any atom is -0.494 e. The van der Waals surface area contributed by atoms with Crippen molar-refractivity contribution in [2.45, 2.75) is 13.0 Å². The second kappa shape index (κ2) is 5.34. The van der Waals surface area contributed by atoms with Crippen LogP contribution in [0.25, 0.3) is 0 Å². The maximum atomic E-state index is 13.3. The van der Waals surface area contributed by atoms with E-state index in [1.165, 1.54) is 19.2 Å². The molecular formula is C11H15FN2O2. The molecule has 1 aromatic carbocycles. The Morgan fingerprint density at radius 2 is 2.19 bits per heavy atom. The number of likely N-dealkylation sites (N-methyl/N-ethyl adjacent to an activating group) is 1. The number of anilines is 1. The van der Waals surface area contributed by atoms with Crippen LogP contribution in [0.15, 0.2) is 18.2 Å². The van der Waals surface area contributed by atoms with Crippen LogP contribution in [0, 0.1) is 5.82 Å². The van der Waals surface area contributed by atoms with Crippen LogP contribution in [0.2, 0.25) is 0 Å².